The first-order valence-electron chi connectivity index (χ1n) is 16.2. The average Bonchev–Trinajstić information content (AvgIpc) is 3.03. The van der Waals surface area contributed by atoms with Crippen molar-refractivity contribution in [3.63, 3.8) is 0 Å². The normalized spacial score (nSPS) is 13.3. The lowest BCUT2D eigenvalue weighted by Gasteiger charge is -2.28. The summed E-state index contributed by atoms with van der Waals surface area (Å²) >= 11 is 6.00. The largest absolute Gasteiger partial charge is 0.390 e. The third kappa shape index (κ3) is 13.6. The van der Waals surface area contributed by atoms with Crippen LogP contribution >= 0.6 is 24.0 Å². The standard InChI is InChI=1S/C35H45ClF2N4O5S.ClH/c1-4-8-30(9-5-2)48(46,47)22-32(42-34(44)26-16-27(36)20-40-19-26)35(45)41-31(15-25-13-28(37)17-29(38)14-25)33(43)21-39-18-24-11-7-10-23(6-3)12-24;/h7,10-14,16-17,19-20,30-33,39,43H,4-6,8-9,15,18,21-22H2,1-3H3,(H,41,45)(H,42,44);1H/t31-,32+,33+;/m0./s1. The van der Waals surface area contributed by atoms with Gasteiger partial charge in [0.2, 0.25) is 5.91 Å². The zero-order valence-corrected chi connectivity index (χ0v) is 30.3. The van der Waals surface area contributed by atoms with E-state index in [1.807, 2.05) is 45.0 Å². The summed E-state index contributed by atoms with van der Waals surface area (Å²) in [6.07, 6.45) is 3.93. The fourth-order valence-electron chi connectivity index (χ4n) is 5.49. The van der Waals surface area contributed by atoms with Crippen molar-refractivity contribution in [3.05, 3.63) is 99.8 Å². The van der Waals surface area contributed by atoms with Crippen LogP contribution in [0.15, 0.2) is 60.9 Å². The van der Waals surface area contributed by atoms with Crippen LogP contribution in [0.25, 0.3) is 0 Å². The Hall–Kier alpha value is -3.16. The molecule has 3 atom stereocenters. The molecule has 9 nitrogen and oxygen atoms in total. The number of aliphatic hydroxyl groups is 1. The summed E-state index contributed by atoms with van der Waals surface area (Å²) in [6, 6.07) is 9.44. The number of carbonyl (C=O) groups is 2. The highest BCUT2D eigenvalue weighted by Gasteiger charge is 2.34. The van der Waals surface area contributed by atoms with Crippen molar-refractivity contribution in [2.45, 2.75) is 89.3 Å². The van der Waals surface area contributed by atoms with E-state index in [2.05, 4.69) is 20.9 Å². The number of aryl methyl sites for hydroxylation is 1. The van der Waals surface area contributed by atoms with Gasteiger partial charge in [-0.25, -0.2) is 17.2 Å². The number of pyridine rings is 1. The summed E-state index contributed by atoms with van der Waals surface area (Å²) in [4.78, 5) is 31.0. The Morgan fingerprint density at radius 1 is 0.918 bits per heavy atom. The molecule has 0 radical (unpaired) electrons. The number of sulfone groups is 1. The van der Waals surface area contributed by atoms with Gasteiger partial charge in [-0.3, -0.25) is 14.6 Å². The number of aliphatic hydroxyl groups excluding tert-OH is 1. The van der Waals surface area contributed by atoms with Crippen LogP contribution in [0, 0.1) is 11.6 Å². The maximum atomic E-state index is 14.1. The van der Waals surface area contributed by atoms with Gasteiger partial charge in [0.1, 0.15) is 17.7 Å². The van der Waals surface area contributed by atoms with Crippen LogP contribution in [0.3, 0.4) is 0 Å². The molecule has 0 spiro atoms. The van der Waals surface area contributed by atoms with Gasteiger partial charge in [0.05, 0.1) is 33.7 Å². The smallest absolute Gasteiger partial charge is 0.253 e. The van der Waals surface area contributed by atoms with Crippen LogP contribution in [-0.2, 0) is 34.0 Å². The molecule has 2 aromatic carbocycles. The number of rotatable bonds is 19. The highest BCUT2D eigenvalue weighted by Crippen LogP contribution is 2.18. The van der Waals surface area contributed by atoms with E-state index < -0.39 is 62.5 Å². The summed E-state index contributed by atoms with van der Waals surface area (Å²) in [6.45, 7) is 6.16. The second kappa shape index (κ2) is 20.5. The van der Waals surface area contributed by atoms with Gasteiger partial charge < -0.3 is 21.1 Å². The fourth-order valence-corrected chi connectivity index (χ4v) is 7.83. The Balaban J connectivity index is 0.00000833. The number of halogens is 4. The first kappa shape index (κ1) is 42.0. The molecule has 3 aromatic rings. The van der Waals surface area contributed by atoms with Crippen molar-refractivity contribution in [1.82, 2.24) is 20.9 Å². The lowest BCUT2D eigenvalue weighted by molar-refractivity contribution is -0.124. The van der Waals surface area contributed by atoms with E-state index >= 15 is 0 Å². The van der Waals surface area contributed by atoms with E-state index in [1.54, 1.807) is 0 Å². The molecule has 0 aliphatic heterocycles. The Morgan fingerprint density at radius 3 is 2.18 bits per heavy atom. The van der Waals surface area contributed by atoms with Crippen LogP contribution in [-0.4, -0.2) is 66.1 Å². The number of hydrogen-bond acceptors (Lipinski definition) is 7. The average molecular weight is 744 g/mol. The highest BCUT2D eigenvalue weighted by atomic mass is 35.5. The number of aromatic nitrogens is 1. The van der Waals surface area contributed by atoms with Crippen LogP contribution < -0.4 is 16.0 Å². The molecule has 49 heavy (non-hydrogen) atoms. The van der Waals surface area contributed by atoms with Crippen LogP contribution in [0.4, 0.5) is 8.78 Å². The third-order valence-corrected chi connectivity index (χ3v) is 10.5. The predicted molar refractivity (Wildman–Crippen MR) is 191 cm³/mol. The lowest BCUT2D eigenvalue weighted by atomic mass is 10.00. The SMILES string of the molecule is CCCC(CCC)S(=O)(=O)C[C@@H](NC(=O)c1cncc(Cl)c1)C(=O)N[C@@H](Cc1cc(F)cc(F)c1)[C@H](O)CNCc1cccc(CC)c1.Cl. The summed E-state index contributed by atoms with van der Waals surface area (Å²) in [5, 5.41) is 19.1. The Labute approximate surface area is 299 Å². The Kier molecular flexibility index (Phi) is 17.6. The van der Waals surface area contributed by atoms with Crippen molar-refractivity contribution in [2.75, 3.05) is 12.3 Å². The van der Waals surface area contributed by atoms with Gasteiger partial charge in [-0.2, -0.15) is 0 Å². The number of carbonyl (C=O) groups excluding carboxylic acids is 2. The maximum Gasteiger partial charge on any atom is 0.253 e. The Morgan fingerprint density at radius 2 is 1.57 bits per heavy atom. The minimum absolute atomic E-state index is 0. The van der Waals surface area contributed by atoms with Crippen molar-refractivity contribution < 1.29 is 31.9 Å². The van der Waals surface area contributed by atoms with Gasteiger partial charge in [-0.05, 0) is 60.6 Å². The summed E-state index contributed by atoms with van der Waals surface area (Å²) in [5.41, 5.74) is 2.30. The molecule has 0 aliphatic carbocycles. The minimum atomic E-state index is -3.89. The molecule has 2 amide bonds. The molecule has 0 fully saturated rings. The van der Waals surface area contributed by atoms with Gasteiger partial charge >= 0.3 is 0 Å². The molecule has 0 aliphatic rings. The van der Waals surface area contributed by atoms with E-state index in [0.29, 0.717) is 38.3 Å². The summed E-state index contributed by atoms with van der Waals surface area (Å²) in [5.74, 6) is -4.02. The van der Waals surface area contributed by atoms with Crippen molar-refractivity contribution in [1.29, 1.82) is 0 Å². The monoisotopic (exact) mass is 742 g/mol. The van der Waals surface area contributed by atoms with Crippen LogP contribution in [0.5, 0.6) is 0 Å². The zero-order chi connectivity index (χ0) is 35.3. The van der Waals surface area contributed by atoms with Crippen LogP contribution in [0.2, 0.25) is 5.02 Å². The van der Waals surface area contributed by atoms with Crippen molar-refractivity contribution >= 4 is 45.7 Å². The molecule has 14 heteroatoms. The second-order valence-corrected chi connectivity index (χ2v) is 14.7. The van der Waals surface area contributed by atoms with E-state index in [4.69, 9.17) is 11.6 Å². The quantitative estimate of drug-likeness (QED) is 0.130. The molecule has 0 saturated heterocycles. The van der Waals surface area contributed by atoms with Gasteiger partial charge in [-0.15, -0.1) is 12.4 Å². The minimum Gasteiger partial charge on any atom is -0.390 e. The van der Waals surface area contributed by atoms with Gasteiger partial charge in [0.25, 0.3) is 5.91 Å². The number of nitrogens with one attached hydrogen (secondary N) is 3. The van der Waals surface area contributed by atoms with E-state index in [9.17, 15) is 31.9 Å². The lowest BCUT2D eigenvalue weighted by Crippen LogP contribution is -2.57. The van der Waals surface area contributed by atoms with Crippen molar-refractivity contribution in [2.24, 2.45) is 0 Å². The van der Waals surface area contributed by atoms with E-state index in [0.717, 1.165) is 29.7 Å². The molecule has 0 unspecified atom stereocenters. The third-order valence-electron chi connectivity index (χ3n) is 7.97. The topological polar surface area (TPSA) is 137 Å². The summed E-state index contributed by atoms with van der Waals surface area (Å²) < 4.78 is 55.4. The first-order valence-corrected chi connectivity index (χ1v) is 18.3. The predicted octanol–water partition coefficient (Wildman–Crippen LogP) is 5.36. The maximum absolute atomic E-state index is 14.1. The number of nitrogens with zero attached hydrogens (tertiary/aromatic N) is 1. The highest BCUT2D eigenvalue weighted by molar-refractivity contribution is 7.92. The zero-order valence-electron chi connectivity index (χ0n) is 27.9. The molecule has 4 N–H and O–H groups in total. The van der Waals surface area contributed by atoms with Crippen molar-refractivity contribution in [3.8, 4) is 0 Å². The number of hydrogen-bond donors (Lipinski definition) is 4. The molecule has 0 saturated carbocycles. The molecule has 1 heterocycles. The van der Waals surface area contributed by atoms with Gasteiger partial charge in [0.15, 0.2) is 9.84 Å². The number of benzene rings is 2. The van der Waals surface area contributed by atoms with Crippen LogP contribution in [0.1, 0.15) is 73.5 Å². The van der Waals surface area contributed by atoms with Gasteiger partial charge in [-0.1, -0.05) is 69.5 Å². The van der Waals surface area contributed by atoms with Gasteiger partial charge in [0, 0.05) is 31.5 Å². The van der Waals surface area contributed by atoms with E-state index in [1.165, 1.54) is 18.5 Å². The first-order chi connectivity index (χ1) is 22.8. The Bertz CT molecular complexity index is 1610. The molecular formula is C35H46Cl2F2N4O5S. The molecule has 0 bridgehead atoms. The number of amides is 2. The molecular weight excluding hydrogens is 697 g/mol. The van der Waals surface area contributed by atoms with E-state index in [-0.39, 0.29) is 41.5 Å². The molecule has 270 valence electrons. The summed E-state index contributed by atoms with van der Waals surface area (Å²) in [7, 11) is -3.89. The molecule has 3 rings (SSSR count). The second-order valence-electron chi connectivity index (χ2n) is 11.9. The molecule has 1 aromatic heterocycles. The fraction of sp³-hybridized carbons (Fsp3) is 0.457.